The van der Waals surface area contributed by atoms with E-state index in [4.69, 9.17) is 5.26 Å². The van der Waals surface area contributed by atoms with Gasteiger partial charge in [0.15, 0.2) is 0 Å². The van der Waals surface area contributed by atoms with Crippen LogP contribution in [0.2, 0.25) is 0 Å². The van der Waals surface area contributed by atoms with E-state index in [2.05, 4.69) is 10.2 Å². The van der Waals surface area contributed by atoms with Crippen LogP contribution in [0.15, 0.2) is 18.2 Å². The van der Waals surface area contributed by atoms with Crippen LogP contribution in [0.5, 0.6) is 0 Å². The van der Waals surface area contributed by atoms with Gasteiger partial charge < -0.3 is 5.32 Å². The average Bonchev–Trinajstić information content (AvgIpc) is 2.80. The highest BCUT2D eigenvalue weighted by molar-refractivity contribution is 5.32. The molecule has 0 bridgehead atoms. The van der Waals surface area contributed by atoms with Crippen LogP contribution in [0.3, 0.4) is 0 Å². The summed E-state index contributed by atoms with van der Waals surface area (Å²) in [6.45, 7) is 3.69. The number of hydrogen-bond donors (Lipinski definition) is 1. The van der Waals surface area contributed by atoms with Gasteiger partial charge in [-0.25, -0.2) is 4.39 Å². The zero-order chi connectivity index (χ0) is 13.0. The van der Waals surface area contributed by atoms with Crippen molar-refractivity contribution in [1.29, 1.82) is 5.26 Å². The normalized spacial score (nSPS) is 19.9. The molecule has 1 N–H and O–H groups in total. The Labute approximate surface area is 107 Å². The maximum absolute atomic E-state index is 13.7. The predicted molar refractivity (Wildman–Crippen MR) is 68.4 cm³/mol. The minimum atomic E-state index is -0.272. The summed E-state index contributed by atoms with van der Waals surface area (Å²) >= 11 is 0. The van der Waals surface area contributed by atoms with Crippen molar-refractivity contribution in [3.05, 3.63) is 35.1 Å². The number of nitrogens with zero attached hydrogens (tertiary/aromatic N) is 2. The van der Waals surface area contributed by atoms with Crippen molar-refractivity contribution in [2.45, 2.75) is 13.0 Å². The quantitative estimate of drug-likeness (QED) is 0.881. The minimum absolute atomic E-state index is 0.272. The second-order valence-electron chi connectivity index (χ2n) is 4.87. The maximum atomic E-state index is 13.7. The maximum Gasteiger partial charge on any atom is 0.129 e. The lowest BCUT2D eigenvalue weighted by Crippen LogP contribution is -2.24. The fourth-order valence-corrected chi connectivity index (χ4v) is 2.50. The van der Waals surface area contributed by atoms with Crippen LogP contribution >= 0.6 is 0 Å². The Bertz CT molecular complexity index is 453. The van der Waals surface area contributed by atoms with Gasteiger partial charge in [-0.2, -0.15) is 5.26 Å². The molecule has 0 radical (unpaired) electrons. The van der Waals surface area contributed by atoms with Crippen LogP contribution in [0.1, 0.15) is 17.5 Å². The molecule has 1 atom stereocenters. The molecular formula is C14H18FN3. The highest BCUT2D eigenvalue weighted by Crippen LogP contribution is 2.19. The lowest BCUT2D eigenvalue weighted by atomic mass is 10.1. The van der Waals surface area contributed by atoms with Crippen molar-refractivity contribution in [2.75, 3.05) is 26.7 Å². The molecule has 1 aromatic carbocycles. The summed E-state index contributed by atoms with van der Waals surface area (Å²) in [5.74, 6) is 0.391. The first-order chi connectivity index (χ1) is 8.72. The molecule has 0 amide bonds. The molecule has 1 heterocycles. The number of rotatable bonds is 4. The van der Waals surface area contributed by atoms with Gasteiger partial charge in [-0.3, -0.25) is 4.90 Å². The van der Waals surface area contributed by atoms with Gasteiger partial charge in [0.2, 0.25) is 0 Å². The molecule has 2 rings (SSSR count). The van der Waals surface area contributed by atoms with Gasteiger partial charge in [-0.05, 0) is 44.6 Å². The Morgan fingerprint density at radius 1 is 1.56 bits per heavy atom. The van der Waals surface area contributed by atoms with Crippen LogP contribution in [0.25, 0.3) is 0 Å². The monoisotopic (exact) mass is 247 g/mol. The van der Waals surface area contributed by atoms with E-state index in [0.717, 1.165) is 19.6 Å². The largest absolute Gasteiger partial charge is 0.319 e. The summed E-state index contributed by atoms with van der Waals surface area (Å²) in [5, 5.41) is 11.9. The SMILES string of the molecule is CNCC1CCN(Cc2ccc(C#N)cc2F)C1. The third-order valence-corrected chi connectivity index (χ3v) is 3.44. The Morgan fingerprint density at radius 3 is 3.06 bits per heavy atom. The first-order valence-corrected chi connectivity index (χ1v) is 6.28. The highest BCUT2D eigenvalue weighted by atomic mass is 19.1. The van der Waals surface area contributed by atoms with Gasteiger partial charge in [-0.1, -0.05) is 6.07 Å². The summed E-state index contributed by atoms with van der Waals surface area (Å²) in [7, 11) is 1.96. The van der Waals surface area contributed by atoms with Gasteiger partial charge in [0.05, 0.1) is 11.6 Å². The lowest BCUT2D eigenvalue weighted by Gasteiger charge is -2.16. The second kappa shape index (κ2) is 5.94. The van der Waals surface area contributed by atoms with Crippen LogP contribution < -0.4 is 5.32 Å². The molecule has 18 heavy (non-hydrogen) atoms. The molecule has 3 nitrogen and oxygen atoms in total. The predicted octanol–water partition coefficient (Wildman–Crippen LogP) is 1.74. The Morgan fingerprint density at radius 2 is 2.39 bits per heavy atom. The fraction of sp³-hybridized carbons (Fsp3) is 0.500. The molecule has 1 unspecified atom stereocenters. The molecule has 1 aliphatic rings. The smallest absolute Gasteiger partial charge is 0.129 e. The zero-order valence-electron chi connectivity index (χ0n) is 10.6. The average molecular weight is 247 g/mol. The highest BCUT2D eigenvalue weighted by Gasteiger charge is 2.22. The molecule has 0 aliphatic carbocycles. The standard InChI is InChI=1S/C14H18FN3/c1-17-8-12-4-5-18(9-12)10-13-3-2-11(7-16)6-14(13)15/h2-3,6,12,17H,4-5,8-10H2,1H3. The van der Waals surface area contributed by atoms with E-state index < -0.39 is 0 Å². The molecule has 1 aliphatic heterocycles. The number of benzene rings is 1. The van der Waals surface area contributed by atoms with Crippen molar-refractivity contribution < 1.29 is 4.39 Å². The van der Waals surface area contributed by atoms with Crippen molar-refractivity contribution in [3.63, 3.8) is 0 Å². The van der Waals surface area contributed by atoms with Crippen molar-refractivity contribution in [3.8, 4) is 6.07 Å². The number of nitriles is 1. The summed E-state index contributed by atoms with van der Waals surface area (Å²) in [5.41, 5.74) is 1.06. The molecule has 1 saturated heterocycles. The van der Waals surface area contributed by atoms with Crippen LogP contribution in [0, 0.1) is 23.1 Å². The van der Waals surface area contributed by atoms with E-state index in [-0.39, 0.29) is 5.82 Å². The van der Waals surface area contributed by atoms with E-state index in [9.17, 15) is 4.39 Å². The summed E-state index contributed by atoms with van der Waals surface area (Å²) < 4.78 is 13.7. The molecule has 0 aromatic heterocycles. The number of hydrogen-bond acceptors (Lipinski definition) is 3. The molecule has 96 valence electrons. The first-order valence-electron chi connectivity index (χ1n) is 6.28. The van der Waals surface area contributed by atoms with Crippen molar-refractivity contribution in [2.24, 2.45) is 5.92 Å². The topological polar surface area (TPSA) is 39.1 Å². The van der Waals surface area contributed by atoms with E-state index in [1.54, 1.807) is 12.1 Å². The number of nitrogens with one attached hydrogen (secondary N) is 1. The summed E-state index contributed by atoms with van der Waals surface area (Å²) in [6.07, 6.45) is 1.17. The fourth-order valence-electron chi connectivity index (χ4n) is 2.50. The Hall–Kier alpha value is -1.44. The molecule has 1 fully saturated rings. The molecular weight excluding hydrogens is 229 g/mol. The van der Waals surface area contributed by atoms with E-state index >= 15 is 0 Å². The van der Waals surface area contributed by atoms with E-state index in [1.807, 2.05) is 13.1 Å². The van der Waals surface area contributed by atoms with Crippen LogP contribution in [-0.2, 0) is 6.54 Å². The van der Waals surface area contributed by atoms with Crippen molar-refractivity contribution >= 4 is 0 Å². The van der Waals surface area contributed by atoms with Crippen LogP contribution in [0.4, 0.5) is 4.39 Å². The molecule has 0 spiro atoms. The lowest BCUT2D eigenvalue weighted by molar-refractivity contribution is 0.310. The number of halogens is 1. The van der Waals surface area contributed by atoms with E-state index in [0.29, 0.717) is 23.6 Å². The summed E-state index contributed by atoms with van der Waals surface area (Å²) in [6, 6.07) is 6.67. The molecule has 4 heteroatoms. The molecule has 0 saturated carbocycles. The molecule has 1 aromatic rings. The van der Waals surface area contributed by atoms with Gasteiger partial charge in [0, 0.05) is 18.7 Å². The number of likely N-dealkylation sites (tertiary alicyclic amines) is 1. The minimum Gasteiger partial charge on any atom is -0.319 e. The first kappa shape index (κ1) is 13.0. The second-order valence-corrected chi connectivity index (χ2v) is 4.87. The van der Waals surface area contributed by atoms with Gasteiger partial charge in [-0.15, -0.1) is 0 Å². The van der Waals surface area contributed by atoms with Gasteiger partial charge in [0.25, 0.3) is 0 Å². The van der Waals surface area contributed by atoms with Crippen LogP contribution in [-0.4, -0.2) is 31.6 Å². The third-order valence-electron chi connectivity index (χ3n) is 3.44. The third kappa shape index (κ3) is 3.06. The summed E-state index contributed by atoms with van der Waals surface area (Å²) in [4.78, 5) is 2.27. The van der Waals surface area contributed by atoms with Gasteiger partial charge >= 0.3 is 0 Å². The van der Waals surface area contributed by atoms with Gasteiger partial charge in [0.1, 0.15) is 5.82 Å². The Kier molecular flexibility index (Phi) is 4.29. The van der Waals surface area contributed by atoms with E-state index in [1.165, 1.54) is 12.5 Å². The Balaban J connectivity index is 1.96. The zero-order valence-corrected chi connectivity index (χ0v) is 10.6. The van der Waals surface area contributed by atoms with Crippen molar-refractivity contribution in [1.82, 2.24) is 10.2 Å².